The van der Waals surface area contributed by atoms with Gasteiger partial charge in [-0.1, -0.05) is 11.6 Å². The second kappa shape index (κ2) is 8.45. The first kappa shape index (κ1) is 23.2. The molecule has 2 amide bonds. The number of anilines is 1. The summed E-state index contributed by atoms with van der Waals surface area (Å²) in [4.78, 5) is 42.0. The summed E-state index contributed by atoms with van der Waals surface area (Å²) < 4.78 is 41.5. The number of rotatable bonds is 6. The zero-order valence-corrected chi connectivity index (χ0v) is 18.0. The maximum Gasteiger partial charge on any atom is 0.294 e. The Morgan fingerprint density at radius 3 is 2.61 bits per heavy atom. The maximum atomic E-state index is 13.4. The van der Waals surface area contributed by atoms with Gasteiger partial charge >= 0.3 is 0 Å². The second-order valence-corrected chi connectivity index (χ2v) is 8.72. The van der Waals surface area contributed by atoms with E-state index in [4.69, 9.17) is 11.6 Å². The predicted molar refractivity (Wildman–Crippen MR) is 111 cm³/mol. The van der Waals surface area contributed by atoms with E-state index in [9.17, 15) is 32.7 Å². The Morgan fingerprint density at radius 1 is 1.24 bits per heavy atom. The fourth-order valence-corrected chi connectivity index (χ4v) is 4.80. The number of pyridine rings is 1. The Bertz CT molecular complexity index is 1140. The number of nitrogens with zero attached hydrogens (tertiary/aromatic N) is 2. The van der Waals surface area contributed by atoms with Crippen molar-refractivity contribution in [2.24, 2.45) is 0 Å². The Labute approximate surface area is 191 Å². The van der Waals surface area contributed by atoms with Crippen LogP contribution in [0.5, 0.6) is 0 Å². The molecule has 1 saturated carbocycles. The lowest BCUT2D eigenvalue weighted by atomic mass is 9.74. The summed E-state index contributed by atoms with van der Waals surface area (Å²) in [6.45, 7) is -0.429. The summed E-state index contributed by atoms with van der Waals surface area (Å²) in [5.41, 5.74) is -1.26. The summed E-state index contributed by atoms with van der Waals surface area (Å²) in [5.74, 6) is -6.83. The number of aliphatic hydroxyl groups excluding tert-OH is 1. The SMILES string of the molecule is O=C(NC1(CO)CC(F)(F)C1)C(=O)c1c(Cl)c(C(=O)Nc2ccnc(F)c2)c2n1CCCC2. The molecule has 0 radical (unpaired) electrons. The van der Waals surface area contributed by atoms with Crippen molar-refractivity contribution in [2.75, 3.05) is 11.9 Å². The monoisotopic (exact) mass is 484 g/mol. The molecular formula is C21H20ClF3N4O4. The van der Waals surface area contributed by atoms with Crippen LogP contribution in [0.4, 0.5) is 18.9 Å². The molecule has 12 heteroatoms. The molecule has 2 aromatic rings. The minimum atomic E-state index is -3.04. The number of aromatic nitrogens is 2. The lowest BCUT2D eigenvalue weighted by molar-refractivity contribution is -0.154. The van der Waals surface area contributed by atoms with E-state index in [0.29, 0.717) is 31.5 Å². The molecule has 0 aromatic carbocycles. The van der Waals surface area contributed by atoms with Gasteiger partial charge in [0.05, 0.1) is 22.7 Å². The number of hydrogen-bond acceptors (Lipinski definition) is 5. The number of fused-ring (bicyclic) bond motifs is 1. The van der Waals surface area contributed by atoms with Gasteiger partial charge in [0.2, 0.25) is 5.95 Å². The molecular weight excluding hydrogens is 465 g/mol. The predicted octanol–water partition coefficient (Wildman–Crippen LogP) is 2.72. The van der Waals surface area contributed by atoms with Gasteiger partial charge in [-0.2, -0.15) is 4.39 Å². The van der Waals surface area contributed by atoms with Crippen LogP contribution in [0, 0.1) is 5.95 Å². The Balaban J connectivity index is 1.64. The molecule has 0 atom stereocenters. The molecule has 4 rings (SSSR count). The van der Waals surface area contributed by atoms with Gasteiger partial charge in [0, 0.05) is 43.0 Å². The average Bonchev–Trinajstić information content (AvgIpc) is 3.03. The molecule has 2 aromatic heterocycles. The topological polar surface area (TPSA) is 113 Å². The largest absolute Gasteiger partial charge is 0.394 e. The van der Waals surface area contributed by atoms with E-state index in [1.165, 1.54) is 16.8 Å². The van der Waals surface area contributed by atoms with Gasteiger partial charge in [-0.05, 0) is 25.3 Å². The van der Waals surface area contributed by atoms with Crippen molar-refractivity contribution in [2.45, 2.75) is 50.1 Å². The van der Waals surface area contributed by atoms with Crippen LogP contribution >= 0.6 is 11.6 Å². The fourth-order valence-electron chi connectivity index (χ4n) is 4.41. The van der Waals surface area contributed by atoms with Crippen molar-refractivity contribution >= 4 is 34.9 Å². The number of carbonyl (C=O) groups is 3. The smallest absolute Gasteiger partial charge is 0.294 e. The zero-order valence-electron chi connectivity index (χ0n) is 17.3. The van der Waals surface area contributed by atoms with E-state index in [0.717, 1.165) is 6.07 Å². The molecule has 1 fully saturated rings. The maximum absolute atomic E-state index is 13.4. The van der Waals surface area contributed by atoms with E-state index in [1.54, 1.807) is 0 Å². The van der Waals surface area contributed by atoms with Gasteiger partial charge in [-0.15, -0.1) is 0 Å². The molecule has 2 aliphatic rings. The molecule has 3 N–H and O–H groups in total. The number of hydrogen-bond donors (Lipinski definition) is 3. The van der Waals surface area contributed by atoms with Crippen molar-refractivity contribution in [1.29, 1.82) is 0 Å². The van der Waals surface area contributed by atoms with Crippen LogP contribution in [0.25, 0.3) is 0 Å². The van der Waals surface area contributed by atoms with Crippen LogP contribution in [-0.2, 0) is 17.8 Å². The molecule has 1 aliphatic carbocycles. The summed E-state index contributed by atoms with van der Waals surface area (Å²) in [6.07, 6.45) is 1.39. The number of Topliss-reactive ketones (excluding diaryl/α,β-unsaturated/α-hetero) is 1. The summed E-state index contributed by atoms with van der Waals surface area (Å²) in [5, 5.41) is 13.9. The Morgan fingerprint density at radius 2 is 1.97 bits per heavy atom. The van der Waals surface area contributed by atoms with E-state index in [1.807, 2.05) is 0 Å². The van der Waals surface area contributed by atoms with Crippen LogP contribution in [0.3, 0.4) is 0 Å². The first-order chi connectivity index (χ1) is 15.6. The van der Waals surface area contributed by atoms with Crippen LogP contribution in [0.15, 0.2) is 18.3 Å². The standard InChI is InChI=1S/C21H20ClF3N4O4/c22-15-14(18(32)27-11-4-5-26-13(23)7-11)12-3-1-2-6-29(12)16(15)17(31)19(33)28-20(10-30)8-21(24,25)9-20/h4-5,7,30H,1-3,6,8-10H2,(H,28,33)(H,26,27,32). The Kier molecular flexibility index (Phi) is 5.95. The lowest BCUT2D eigenvalue weighted by Crippen LogP contribution is -2.65. The van der Waals surface area contributed by atoms with Gasteiger partial charge in [-0.3, -0.25) is 14.4 Å². The van der Waals surface area contributed by atoms with Crippen molar-refractivity contribution in [3.8, 4) is 0 Å². The van der Waals surface area contributed by atoms with Crippen LogP contribution in [0.2, 0.25) is 5.02 Å². The van der Waals surface area contributed by atoms with Crippen molar-refractivity contribution < 1.29 is 32.7 Å². The van der Waals surface area contributed by atoms with Crippen LogP contribution in [0.1, 0.15) is 52.2 Å². The quantitative estimate of drug-likeness (QED) is 0.331. The van der Waals surface area contributed by atoms with Gasteiger partial charge < -0.3 is 20.3 Å². The van der Waals surface area contributed by atoms with Crippen LogP contribution < -0.4 is 10.6 Å². The normalized spacial score (nSPS) is 18.1. The summed E-state index contributed by atoms with van der Waals surface area (Å²) >= 11 is 6.41. The molecule has 3 heterocycles. The first-order valence-corrected chi connectivity index (χ1v) is 10.6. The van der Waals surface area contributed by atoms with E-state index >= 15 is 0 Å². The molecule has 33 heavy (non-hydrogen) atoms. The highest BCUT2D eigenvalue weighted by Gasteiger charge is 2.57. The van der Waals surface area contributed by atoms with Crippen LogP contribution in [-0.4, -0.2) is 50.3 Å². The molecule has 0 unspecified atom stereocenters. The minimum Gasteiger partial charge on any atom is -0.394 e. The van der Waals surface area contributed by atoms with Crippen molar-refractivity contribution in [3.63, 3.8) is 0 Å². The highest BCUT2D eigenvalue weighted by Crippen LogP contribution is 2.45. The van der Waals surface area contributed by atoms with Gasteiger partial charge in [0.25, 0.3) is 23.5 Å². The molecule has 1 aliphatic heterocycles. The highest BCUT2D eigenvalue weighted by molar-refractivity contribution is 6.48. The van der Waals surface area contributed by atoms with Gasteiger partial charge in [-0.25, -0.2) is 13.8 Å². The molecule has 0 spiro atoms. The number of nitrogens with one attached hydrogen (secondary N) is 2. The zero-order chi connectivity index (χ0) is 24.0. The molecule has 8 nitrogen and oxygen atoms in total. The number of ketones is 1. The van der Waals surface area contributed by atoms with E-state index in [-0.39, 0.29) is 22.0 Å². The third-order valence-corrected chi connectivity index (χ3v) is 6.23. The average molecular weight is 485 g/mol. The van der Waals surface area contributed by atoms with Gasteiger partial charge in [0.15, 0.2) is 0 Å². The second-order valence-electron chi connectivity index (χ2n) is 8.35. The third kappa shape index (κ3) is 4.34. The lowest BCUT2D eigenvalue weighted by Gasteiger charge is -2.46. The molecule has 176 valence electrons. The number of halogens is 4. The number of alkyl halides is 2. The highest BCUT2D eigenvalue weighted by atomic mass is 35.5. The molecule has 0 bridgehead atoms. The summed E-state index contributed by atoms with van der Waals surface area (Å²) in [6, 6.07) is 2.39. The van der Waals surface area contributed by atoms with E-state index in [2.05, 4.69) is 15.6 Å². The fraction of sp³-hybridized carbons (Fsp3) is 0.429. The number of aliphatic hydroxyl groups is 1. The molecule has 0 saturated heterocycles. The van der Waals surface area contributed by atoms with E-state index < -0.39 is 54.5 Å². The van der Waals surface area contributed by atoms with Crippen molar-refractivity contribution in [1.82, 2.24) is 14.9 Å². The third-order valence-electron chi connectivity index (χ3n) is 5.87. The van der Waals surface area contributed by atoms with Gasteiger partial charge in [0.1, 0.15) is 5.69 Å². The Hall–Kier alpha value is -2.92. The first-order valence-electron chi connectivity index (χ1n) is 10.3. The van der Waals surface area contributed by atoms with Crippen molar-refractivity contribution in [3.05, 3.63) is 46.3 Å². The minimum absolute atomic E-state index is 0.0169. The summed E-state index contributed by atoms with van der Waals surface area (Å²) in [7, 11) is 0. The number of carbonyl (C=O) groups excluding carboxylic acids is 3. The number of amides is 2.